The minimum Gasteiger partial charge on any atom is -0.480 e. The number of aromatic nitrogens is 2. The maximum Gasteiger partial charge on any atom is 0.326 e. The number of likely N-dealkylation sites (N-methyl/N-ethyl adjacent to an activating group) is 1. The Kier molecular flexibility index (Phi) is 20.5. The summed E-state index contributed by atoms with van der Waals surface area (Å²) < 4.78 is 11.9. The molecule has 6 rings (SSSR count). The molecule has 5 aromatic rings. The Hall–Kier alpha value is -7.09. The van der Waals surface area contributed by atoms with Gasteiger partial charge in [-0.05, 0) is 67.9 Å². The van der Waals surface area contributed by atoms with Crippen LogP contribution in [0.2, 0.25) is 0 Å². The monoisotopic (exact) mass is 1010 g/mol. The fourth-order valence-corrected chi connectivity index (χ4v) is 8.91. The van der Waals surface area contributed by atoms with Crippen LogP contribution in [-0.4, -0.2) is 142 Å². The topological polar surface area (TPSA) is 270 Å². The lowest BCUT2D eigenvalue weighted by Gasteiger charge is -2.32. The molecular weight excluding hydrogens is 935 g/mol. The number of hydrogen-bond acceptors (Lipinski definition) is 10. The quantitative estimate of drug-likeness (QED) is 0.0375. The molecule has 19 heteroatoms. The van der Waals surface area contributed by atoms with Crippen molar-refractivity contribution < 1.29 is 48.1 Å². The lowest BCUT2D eigenvalue weighted by atomic mass is 10.0. The highest BCUT2D eigenvalue weighted by Crippen LogP contribution is 2.22. The third kappa shape index (κ3) is 15.5. The van der Waals surface area contributed by atoms with Crippen LogP contribution in [0.15, 0.2) is 91.3 Å². The number of nitrogens with one attached hydrogen (secondary N) is 6. The van der Waals surface area contributed by atoms with Crippen molar-refractivity contribution in [3.8, 4) is 0 Å². The average Bonchev–Trinajstić information content (AvgIpc) is 4.00. The number of ether oxygens (including phenoxy) is 2. The molecule has 1 fully saturated rings. The van der Waals surface area contributed by atoms with Crippen molar-refractivity contribution in [2.24, 2.45) is 5.73 Å². The van der Waals surface area contributed by atoms with E-state index in [0.717, 1.165) is 45.1 Å². The van der Waals surface area contributed by atoms with Gasteiger partial charge in [-0.1, -0.05) is 93.4 Å². The SMILES string of the molecule is CCCC[C@H](NC(=O)[C@H](Cc1c[nH]c2ccccc12)NC(=O)[C@H](C)N)C(=O)N[C@@H](Cc1c[nH]c2ccccc12)C(=O)N[C@@H](COC1CCCCO1)C(=O)N(CCC)CC(=O)N(C)[C@@H](Cc1ccccc1)C(=O)O. The van der Waals surface area contributed by atoms with E-state index in [0.29, 0.717) is 43.4 Å². The smallest absolute Gasteiger partial charge is 0.326 e. The zero-order chi connectivity index (χ0) is 52.4. The van der Waals surface area contributed by atoms with Crippen LogP contribution < -0.4 is 27.0 Å². The van der Waals surface area contributed by atoms with Crippen molar-refractivity contribution in [3.63, 3.8) is 0 Å². The van der Waals surface area contributed by atoms with E-state index in [1.165, 1.54) is 18.9 Å². The number of H-pyrrole nitrogens is 2. The molecular formula is C54H71N9O10. The van der Waals surface area contributed by atoms with Gasteiger partial charge in [0.15, 0.2) is 6.29 Å². The Morgan fingerprint density at radius 3 is 1.82 bits per heavy atom. The van der Waals surface area contributed by atoms with Crippen LogP contribution in [-0.2, 0) is 62.3 Å². The van der Waals surface area contributed by atoms with Gasteiger partial charge in [0.1, 0.15) is 30.2 Å². The first kappa shape index (κ1) is 55.2. The molecule has 3 aromatic carbocycles. The molecule has 3 heterocycles. The van der Waals surface area contributed by atoms with Crippen LogP contribution in [0, 0.1) is 0 Å². The Morgan fingerprint density at radius 1 is 0.726 bits per heavy atom. The number of carbonyl (C=O) groups is 7. The van der Waals surface area contributed by atoms with Crippen LogP contribution in [0.5, 0.6) is 0 Å². The van der Waals surface area contributed by atoms with Gasteiger partial charge in [0.2, 0.25) is 35.4 Å². The van der Waals surface area contributed by atoms with Gasteiger partial charge in [-0.15, -0.1) is 0 Å². The number of nitrogens with zero attached hydrogens (tertiary/aromatic N) is 2. The van der Waals surface area contributed by atoms with E-state index in [1.54, 1.807) is 36.7 Å². The van der Waals surface area contributed by atoms with Gasteiger partial charge in [0, 0.05) is 73.7 Å². The molecule has 0 bridgehead atoms. The van der Waals surface area contributed by atoms with E-state index in [-0.39, 0.29) is 38.8 Å². The number of carboxylic acid groups (broad SMARTS) is 1. The van der Waals surface area contributed by atoms with Gasteiger partial charge in [-0.3, -0.25) is 28.8 Å². The number of hydrogen-bond donors (Lipinski definition) is 8. The highest BCUT2D eigenvalue weighted by atomic mass is 16.7. The van der Waals surface area contributed by atoms with E-state index >= 15 is 0 Å². The number of carbonyl (C=O) groups excluding carboxylic acids is 6. The second kappa shape index (κ2) is 27.1. The Labute approximate surface area is 425 Å². The lowest BCUT2D eigenvalue weighted by Crippen LogP contribution is -2.60. The molecule has 0 aliphatic carbocycles. The molecule has 2 aromatic heterocycles. The minimum atomic E-state index is -1.39. The molecule has 1 unspecified atom stereocenters. The fraction of sp³-hybridized carbons (Fsp3) is 0.463. The van der Waals surface area contributed by atoms with Crippen LogP contribution in [0.4, 0.5) is 0 Å². The van der Waals surface area contributed by atoms with Gasteiger partial charge >= 0.3 is 5.97 Å². The summed E-state index contributed by atoms with van der Waals surface area (Å²) in [6, 6.07) is 16.8. The van der Waals surface area contributed by atoms with E-state index in [1.807, 2.05) is 68.4 Å². The van der Waals surface area contributed by atoms with Gasteiger partial charge in [-0.25, -0.2) is 4.79 Å². The highest BCUT2D eigenvalue weighted by Gasteiger charge is 2.36. The number of amides is 6. The molecule has 1 aliphatic rings. The lowest BCUT2D eigenvalue weighted by molar-refractivity contribution is -0.171. The number of aromatic amines is 2. The highest BCUT2D eigenvalue weighted by molar-refractivity contribution is 5.97. The maximum absolute atomic E-state index is 14.9. The molecule has 7 atom stereocenters. The summed E-state index contributed by atoms with van der Waals surface area (Å²) in [7, 11) is 1.39. The van der Waals surface area contributed by atoms with E-state index in [4.69, 9.17) is 15.2 Å². The number of benzene rings is 3. The van der Waals surface area contributed by atoms with Crippen molar-refractivity contribution in [1.29, 1.82) is 0 Å². The molecule has 0 saturated carbocycles. The molecule has 6 amide bonds. The number of aliphatic carboxylic acids is 1. The fourth-order valence-electron chi connectivity index (χ4n) is 8.91. The van der Waals surface area contributed by atoms with Gasteiger partial charge in [-0.2, -0.15) is 0 Å². The summed E-state index contributed by atoms with van der Waals surface area (Å²) in [5, 5.41) is 23.2. The van der Waals surface area contributed by atoms with Crippen LogP contribution in [0.3, 0.4) is 0 Å². The van der Waals surface area contributed by atoms with Crippen molar-refractivity contribution in [3.05, 3.63) is 108 Å². The molecule has 392 valence electrons. The van der Waals surface area contributed by atoms with Gasteiger partial charge in [0.05, 0.1) is 19.2 Å². The zero-order valence-corrected chi connectivity index (χ0v) is 42.2. The predicted molar refractivity (Wildman–Crippen MR) is 276 cm³/mol. The first-order valence-corrected chi connectivity index (χ1v) is 25.3. The molecule has 1 saturated heterocycles. The first-order valence-electron chi connectivity index (χ1n) is 25.3. The van der Waals surface area contributed by atoms with E-state index in [9.17, 15) is 38.7 Å². The van der Waals surface area contributed by atoms with E-state index < -0.39 is 90.5 Å². The summed E-state index contributed by atoms with van der Waals surface area (Å²) in [4.78, 5) is 107. The summed E-state index contributed by atoms with van der Waals surface area (Å²) in [6.45, 7) is 4.96. The van der Waals surface area contributed by atoms with Crippen LogP contribution in [0.1, 0.15) is 82.4 Å². The van der Waals surface area contributed by atoms with Crippen molar-refractivity contribution >= 4 is 63.2 Å². The summed E-state index contributed by atoms with van der Waals surface area (Å²) in [6.07, 6.45) is 6.93. The number of unbranched alkanes of at least 4 members (excludes halogenated alkanes) is 1. The Morgan fingerprint density at radius 2 is 1.27 bits per heavy atom. The van der Waals surface area contributed by atoms with Gasteiger partial charge in [0.25, 0.3) is 0 Å². The van der Waals surface area contributed by atoms with Gasteiger partial charge < -0.3 is 61.3 Å². The average molecular weight is 1010 g/mol. The number of nitrogens with two attached hydrogens (primary N) is 1. The zero-order valence-electron chi connectivity index (χ0n) is 42.2. The maximum atomic E-state index is 14.9. The van der Waals surface area contributed by atoms with Crippen molar-refractivity contribution in [2.75, 3.05) is 33.4 Å². The molecule has 1 aliphatic heterocycles. The second-order valence-electron chi connectivity index (χ2n) is 18.7. The summed E-state index contributed by atoms with van der Waals surface area (Å²) >= 11 is 0. The van der Waals surface area contributed by atoms with Crippen LogP contribution in [0.25, 0.3) is 21.8 Å². The second-order valence-corrected chi connectivity index (χ2v) is 18.7. The van der Waals surface area contributed by atoms with Crippen LogP contribution >= 0.6 is 0 Å². The number of fused-ring (bicyclic) bond motifs is 2. The molecule has 0 spiro atoms. The standard InChI is InChI=1S/C54H71N9O10/c1-5-7-21-42(58-51(67)43(59-49(65)34(3)55)28-36-30-56-40-22-13-11-19-38(36)40)50(66)60-44(29-37-31-57-41-23-14-12-20-39(37)41)52(68)61-45(33-73-48-24-15-16-26-72-48)53(69)63(25-6-2)32-47(64)62(4)46(54(70)71)27-35-17-9-8-10-18-35/h8-14,17-20,22-23,30-31,34,42-46,48,56-57H,5-7,15-16,21,24-29,32-33,55H2,1-4H3,(H,58,67)(H,59,65)(H,60,66)(H,61,68)(H,70,71)/t34-,42-,43-,44-,45-,46-,48?/m0/s1. The summed E-state index contributed by atoms with van der Waals surface area (Å²) in [5.41, 5.74) is 9.72. The summed E-state index contributed by atoms with van der Waals surface area (Å²) in [5.74, 6) is -5.12. The minimum absolute atomic E-state index is 0.0380. The van der Waals surface area contributed by atoms with Crippen molar-refractivity contribution in [2.45, 2.75) is 128 Å². The predicted octanol–water partition coefficient (Wildman–Crippen LogP) is 3.85. The number of carboxylic acids is 1. The Balaban J connectivity index is 1.27. The largest absolute Gasteiger partial charge is 0.480 e. The number of para-hydroxylation sites is 2. The normalized spacial score (nSPS) is 16.0. The first-order chi connectivity index (χ1) is 35.2. The molecule has 73 heavy (non-hydrogen) atoms. The third-order valence-corrected chi connectivity index (χ3v) is 13.1. The third-order valence-electron chi connectivity index (χ3n) is 13.1. The van der Waals surface area contributed by atoms with E-state index in [2.05, 4.69) is 31.2 Å². The Bertz CT molecular complexity index is 2650. The van der Waals surface area contributed by atoms with Crippen molar-refractivity contribution in [1.82, 2.24) is 41.0 Å². The molecule has 19 nitrogen and oxygen atoms in total. The molecule has 0 radical (unpaired) electrons. The molecule has 9 N–H and O–H groups in total. The number of rotatable bonds is 27.